The van der Waals surface area contributed by atoms with Crippen molar-refractivity contribution < 1.29 is 28.2 Å². The number of carbonyl (C=O) groups excluding carboxylic acids is 2. The monoisotopic (exact) mass is 394 g/mol. The molecule has 2 heterocycles. The highest BCUT2D eigenvalue weighted by molar-refractivity contribution is 5.98. The largest absolute Gasteiger partial charge is 0.486 e. The molecule has 0 spiro atoms. The Morgan fingerprint density at radius 2 is 1.62 bits per heavy atom. The Labute approximate surface area is 166 Å². The number of amides is 2. The Hall–Kier alpha value is -3.94. The van der Waals surface area contributed by atoms with Gasteiger partial charge >= 0.3 is 5.91 Å². The molecule has 29 heavy (non-hydrogen) atoms. The molecule has 0 bridgehead atoms. The van der Waals surface area contributed by atoms with Gasteiger partial charge in [-0.1, -0.05) is 18.2 Å². The fourth-order valence-electron chi connectivity index (χ4n) is 2.68. The molecule has 3 aromatic rings. The van der Waals surface area contributed by atoms with Gasteiger partial charge in [-0.25, -0.2) is 0 Å². The number of rotatable bonds is 5. The first-order valence-corrected chi connectivity index (χ1v) is 8.96. The maximum atomic E-state index is 12.3. The number of nitrogens with one attached hydrogen (secondary N) is 2. The van der Waals surface area contributed by atoms with Crippen LogP contribution in [0.5, 0.6) is 17.2 Å². The summed E-state index contributed by atoms with van der Waals surface area (Å²) in [5.41, 5.74) is 4.99. The highest BCUT2D eigenvalue weighted by atomic mass is 16.6. The van der Waals surface area contributed by atoms with Crippen molar-refractivity contribution >= 4 is 11.8 Å². The van der Waals surface area contributed by atoms with Crippen LogP contribution in [0.1, 0.15) is 26.7 Å². The number of benzene rings is 2. The fourth-order valence-corrected chi connectivity index (χ4v) is 2.68. The molecule has 8 heteroatoms. The van der Waals surface area contributed by atoms with Gasteiger partial charge in [0.2, 0.25) is 0 Å². The van der Waals surface area contributed by atoms with Crippen molar-refractivity contribution in [1.82, 2.24) is 10.9 Å². The van der Waals surface area contributed by atoms with Crippen molar-refractivity contribution in [2.24, 2.45) is 0 Å². The standard InChI is InChI=1S/C21H18N2O6/c24-20(14-6-8-17-19(12-14)27-11-10-26-17)22-23-21(25)18-9-7-16(29-18)13-28-15-4-2-1-3-5-15/h1-9,12H,10-11,13H2,(H,22,24)(H,23,25). The van der Waals surface area contributed by atoms with E-state index in [1.54, 1.807) is 24.3 Å². The predicted molar refractivity (Wildman–Crippen MR) is 102 cm³/mol. The average molecular weight is 394 g/mol. The number of ether oxygens (including phenoxy) is 3. The summed E-state index contributed by atoms with van der Waals surface area (Å²) in [7, 11) is 0. The zero-order chi connectivity index (χ0) is 20.1. The van der Waals surface area contributed by atoms with Gasteiger partial charge in [0.25, 0.3) is 5.91 Å². The van der Waals surface area contributed by atoms with E-state index in [1.807, 2.05) is 30.3 Å². The van der Waals surface area contributed by atoms with Gasteiger partial charge in [-0.05, 0) is 42.5 Å². The molecule has 0 unspecified atom stereocenters. The summed E-state index contributed by atoms with van der Waals surface area (Å²) in [4.78, 5) is 24.5. The van der Waals surface area contributed by atoms with Gasteiger partial charge in [-0.2, -0.15) is 0 Å². The minimum absolute atomic E-state index is 0.0548. The van der Waals surface area contributed by atoms with Crippen LogP contribution >= 0.6 is 0 Å². The van der Waals surface area contributed by atoms with Crippen LogP contribution in [-0.2, 0) is 6.61 Å². The second kappa shape index (κ2) is 8.39. The van der Waals surface area contributed by atoms with Crippen molar-refractivity contribution in [2.45, 2.75) is 6.61 Å². The van der Waals surface area contributed by atoms with Gasteiger partial charge in [-0.15, -0.1) is 0 Å². The molecule has 0 radical (unpaired) electrons. The van der Waals surface area contributed by atoms with Crippen LogP contribution in [0, 0.1) is 0 Å². The lowest BCUT2D eigenvalue weighted by molar-refractivity contribution is 0.0828. The zero-order valence-corrected chi connectivity index (χ0v) is 15.3. The minimum Gasteiger partial charge on any atom is -0.486 e. The van der Waals surface area contributed by atoms with E-state index in [0.29, 0.717) is 41.8 Å². The molecular formula is C21H18N2O6. The number of hydrogen-bond acceptors (Lipinski definition) is 6. The predicted octanol–water partition coefficient (Wildman–Crippen LogP) is 2.70. The third-order valence-electron chi connectivity index (χ3n) is 4.10. The lowest BCUT2D eigenvalue weighted by Gasteiger charge is -2.18. The maximum absolute atomic E-state index is 12.3. The molecule has 1 aliphatic rings. The van der Waals surface area contributed by atoms with E-state index >= 15 is 0 Å². The lowest BCUT2D eigenvalue weighted by atomic mass is 10.2. The van der Waals surface area contributed by atoms with E-state index in [-0.39, 0.29) is 12.4 Å². The topological polar surface area (TPSA) is 99.0 Å². The van der Waals surface area contributed by atoms with Crippen molar-refractivity contribution in [3.8, 4) is 17.2 Å². The molecule has 0 saturated carbocycles. The third-order valence-corrected chi connectivity index (χ3v) is 4.10. The first kappa shape index (κ1) is 18.4. The van der Waals surface area contributed by atoms with E-state index in [4.69, 9.17) is 18.6 Å². The molecule has 2 N–H and O–H groups in total. The quantitative estimate of drug-likeness (QED) is 0.646. The van der Waals surface area contributed by atoms with Crippen molar-refractivity contribution in [1.29, 1.82) is 0 Å². The first-order chi connectivity index (χ1) is 14.2. The fraction of sp³-hybridized carbons (Fsp3) is 0.143. The number of fused-ring (bicyclic) bond motifs is 1. The third kappa shape index (κ3) is 4.49. The highest BCUT2D eigenvalue weighted by Gasteiger charge is 2.17. The minimum atomic E-state index is -0.582. The van der Waals surface area contributed by atoms with Gasteiger partial charge in [-0.3, -0.25) is 20.4 Å². The molecule has 0 fully saturated rings. The first-order valence-electron chi connectivity index (χ1n) is 8.96. The smallest absolute Gasteiger partial charge is 0.305 e. The van der Waals surface area contributed by atoms with Crippen LogP contribution in [0.3, 0.4) is 0 Å². The molecule has 1 aromatic heterocycles. The summed E-state index contributed by atoms with van der Waals surface area (Å²) >= 11 is 0. The normalized spacial score (nSPS) is 12.1. The van der Waals surface area contributed by atoms with E-state index in [1.165, 1.54) is 6.07 Å². The Kier molecular flexibility index (Phi) is 5.33. The Bertz CT molecular complexity index is 1020. The van der Waals surface area contributed by atoms with E-state index in [0.717, 1.165) is 0 Å². The molecule has 0 saturated heterocycles. The molecule has 1 aliphatic heterocycles. The molecule has 2 amide bonds. The summed E-state index contributed by atoms with van der Waals surface area (Å²) in [5.74, 6) is 1.23. The zero-order valence-electron chi connectivity index (χ0n) is 15.3. The van der Waals surface area contributed by atoms with Gasteiger partial charge in [0.15, 0.2) is 17.3 Å². The number of hydrazine groups is 1. The summed E-state index contributed by atoms with van der Waals surface area (Å²) in [6.07, 6.45) is 0. The highest BCUT2D eigenvalue weighted by Crippen LogP contribution is 2.30. The van der Waals surface area contributed by atoms with Crippen LogP contribution in [0.15, 0.2) is 65.1 Å². The molecule has 4 rings (SSSR count). The number of para-hydroxylation sites is 1. The SMILES string of the molecule is O=C(NNC(=O)c1ccc(COc2ccccc2)o1)c1ccc2c(c1)OCCO2. The molecule has 148 valence electrons. The second-order valence-corrected chi connectivity index (χ2v) is 6.13. The van der Waals surface area contributed by atoms with E-state index in [2.05, 4.69) is 10.9 Å². The molecule has 0 aliphatic carbocycles. The summed E-state index contributed by atoms with van der Waals surface area (Å²) in [6, 6.07) is 17.2. The average Bonchev–Trinajstić information content (AvgIpc) is 3.25. The molecule has 2 aromatic carbocycles. The Morgan fingerprint density at radius 1 is 0.862 bits per heavy atom. The van der Waals surface area contributed by atoms with Gasteiger partial charge in [0.05, 0.1) is 0 Å². The van der Waals surface area contributed by atoms with Crippen LogP contribution in [0.25, 0.3) is 0 Å². The number of carbonyl (C=O) groups is 2. The van der Waals surface area contributed by atoms with Crippen LogP contribution in [0.2, 0.25) is 0 Å². The molecular weight excluding hydrogens is 376 g/mol. The summed E-state index contributed by atoms with van der Waals surface area (Å²) < 4.78 is 21.9. The van der Waals surface area contributed by atoms with Gasteiger partial charge < -0.3 is 18.6 Å². The van der Waals surface area contributed by atoms with Gasteiger partial charge in [0, 0.05) is 5.56 Å². The molecule has 8 nitrogen and oxygen atoms in total. The Morgan fingerprint density at radius 3 is 2.45 bits per heavy atom. The van der Waals surface area contributed by atoms with Crippen molar-refractivity contribution in [3.05, 3.63) is 77.7 Å². The number of hydrogen-bond donors (Lipinski definition) is 2. The van der Waals surface area contributed by atoms with Crippen LogP contribution in [0.4, 0.5) is 0 Å². The number of furan rings is 1. The van der Waals surface area contributed by atoms with Crippen LogP contribution < -0.4 is 25.1 Å². The maximum Gasteiger partial charge on any atom is 0.305 e. The van der Waals surface area contributed by atoms with Gasteiger partial charge in [0.1, 0.15) is 31.3 Å². The summed E-state index contributed by atoms with van der Waals surface area (Å²) in [6.45, 7) is 1.07. The lowest BCUT2D eigenvalue weighted by Crippen LogP contribution is -2.41. The van der Waals surface area contributed by atoms with Crippen molar-refractivity contribution in [2.75, 3.05) is 13.2 Å². The second-order valence-electron chi connectivity index (χ2n) is 6.13. The van der Waals surface area contributed by atoms with E-state index < -0.39 is 11.8 Å². The van der Waals surface area contributed by atoms with Crippen molar-refractivity contribution in [3.63, 3.8) is 0 Å². The summed E-state index contributed by atoms with van der Waals surface area (Å²) in [5, 5.41) is 0. The van der Waals surface area contributed by atoms with E-state index in [9.17, 15) is 9.59 Å². The Balaban J connectivity index is 1.30. The van der Waals surface area contributed by atoms with Crippen LogP contribution in [-0.4, -0.2) is 25.0 Å². The molecule has 0 atom stereocenters.